The minimum absolute atomic E-state index is 0.0727. The first-order valence-electron chi connectivity index (χ1n) is 12.9. The van der Waals surface area contributed by atoms with Crippen LogP contribution < -0.4 is 0 Å². The van der Waals surface area contributed by atoms with E-state index in [9.17, 15) is 18.4 Å². The second kappa shape index (κ2) is 25.5. The van der Waals surface area contributed by atoms with Crippen LogP contribution in [-0.2, 0) is 14.3 Å². The van der Waals surface area contributed by atoms with Crippen LogP contribution >= 0.6 is 0 Å². The van der Waals surface area contributed by atoms with Gasteiger partial charge in [-0.05, 0) is 32.1 Å². The van der Waals surface area contributed by atoms with Gasteiger partial charge < -0.3 is 14.9 Å². The summed E-state index contributed by atoms with van der Waals surface area (Å²) in [7, 11) is 0. The van der Waals surface area contributed by atoms with Gasteiger partial charge in [-0.1, -0.05) is 86.0 Å². The van der Waals surface area contributed by atoms with Crippen molar-refractivity contribution in [3.63, 3.8) is 0 Å². The third-order valence-electron chi connectivity index (χ3n) is 5.17. The average Bonchev–Trinajstić information content (AvgIpc) is 3.27. The van der Waals surface area contributed by atoms with E-state index in [0.717, 1.165) is 25.2 Å². The molecule has 0 aromatic heterocycles. The highest BCUT2D eigenvalue weighted by Gasteiger charge is 2.35. The standard InChI is InChI=1S/C8H14F2O.C7H14O2.C6H12.C5H12O2/c1-3-5-6-8(9,10)7(11)4-2;1-2-3-4-5-6-7(8)9;1-6-4-2-3-5-6;1-3-5(6)7-4-2/h3-6H2,1-2H3;2-6H2,1H3,(H,8,9);6H,2-5H2,1H3;5-6H,3-4H2,1-2H3. The predicted molar refractivity (Wildman–Crippen MR) is 132 cm³/mol. The smallest absolute Gasteiger partial charge is 0.305 e. The number of carboxylic acid groups (broad SMARTS) is 1. The molecule has 1 unspecified atom stereocenters. The highest BCUT2D eigenvalue weighted by molar-refractivity contribution is 5.85. The summed E-state index contributed by atoms with van der Waals surface area (Å²) in [6, 6.07) is 0. The molecule has 1 fully saturated rings. The van der Waals surface area contributed by atoms with E-state index in [4.69, 9.17) is 14.9 Å². The number of aliphatic carboxylic acids is 1. The zero-order valence-electron chi connectivity index (χ0n) is 22.1. The predicted octanol–water partition coefficient (Wildman–Crippen LogP) is 7.78. The summed E-state index contributed by atoms with van der Waals surface area (Å²) in [5, 5.41) is 16.8. The largest absolute Gasteiger partial charge is 0.481 e. The van der Waals surface area contributed by atoms with Gasteiger partial charge in [0.1, 0.15) is 0 Å². The van der Waals surface area contributed by atoms with Crippen molar-refractivity contribution in [3.05, 3.63) is 0 Å². The second-order valence-electron chi connectivity index (χ2n) is 8.50. The molecule has 0 aliphatic heterocycles. The maximum absolute atomic E-state index is 12.7. The lowest BCUT2D eigenvalue weighted by molar-refractivity contribution is -0.143. The van der Waals surface area contributed by atoms with Crippen LogP contribution in [0.3, 0.4) is 0 Å². The molecule has 0 aromatic rings. The molecule has 7 heteroatoms. The van der Waals surface area contributed by atoms with E-state index in [2.05, 4.69) is 13.8 Å². The molecular formula is C26H52F2O5. The molecule has 0 bridgehead atoms. The topological polar surface area (TPSA) is 83.8 Å². The van der Waals surface area contributed by atoms with Gasteiger partial charge in [0.2, 0.25) is 5.78 Å². The van der Waals surface area contributed by atoms with Gasteiger partial charge >= 0.3 is 11.9 Å². The first-order valence-corrected chi connectivity index (χ1v) is 12.9. The fourth-order valence-electron chi connectivity index (χ4n) is 2.94. The normalized spacial score (nSPS) is 14.1. The molecule has 1 rings (SSSR count). The van der Waals surface area contributed by atoms with Gasteiger partial charge in [-0.3, -0.25) is 9.59 Å². The molecule has 1 aliphatic rings. The van der Waals surface area contributed by atoms with E-state index in [1.54, 1.807) is 0 Å². The molecule has 0 aromatic carbocycles. The quantitative estimate of drug-likeness (QED) is 0.207. The van der Waals surface area contributed by atoms with Gasteiger partial charge in [-0.25, -0.2) is 0 Å². The Morgan fingerprint density at radius 2 is 1.52 bits per heavy atom. The number of hydrogen-bond acceptors (Lipinski definition) is 4. The Morgan fingerprint density at radius 3 is 1.82 bits per heavy atom. The maximum Gasteiger partial charge on any atom is 0.305 e. The Bertz CT molecular complexity index is 438. The highest BCUT2D eigenvalue weighted by atomic mass is 19.3. The maximum atomic E-state index is 12.7. The van der Waals surface area contributed by atoms with Crippen LogP contribution in [0.4, 0.5) is 8.78 Å². The third-order valence-corrected chi connectivity index (χ3v) is 5.17. The number of alkyl halides is 2. The van der Waals surface area contributed by atoms with Crippen LogP contribution in [-0.4, -0.2) is 40.8 Å². The molecule has 200 valence electrons. The molecule has 0 spiro atoms. The Morgan fingerprint density at radius 1 is 0.970 bits per heavy atom. The number of ketones is 1. The SMILES string of the molecule is CC1CCCC1.CCCCC(F)(F)C(=O)CC.CCCCCCC(=O)O.CCOC(O)CC. The van der Waals surface area contributed by atoms with Gasteiger partial charge in [-0.15, -0.1) is 0 Å². The molecule has 5 nitrogen and oxygen atoms in total. The van der Waals surface area contributed by atoms with Crippen molar-refractivity contribution in [1.82, 2.24) is 0 Å². The summed E-state index contributed by atoms with van der Waals surface area (Å²) in [5.74, 6) is -3.65. The van der Waals surface area contributed by atoms with Crippen molar-refractivity contribution >= 4 is 11.8 Å². The highest BCUT2D eigenvalue weighted by Crippen LogP contribution is 2.23. The number of carboxylic acids is 1. The summed E-state index contributed by atoms with van der Waals surface area (Å²) in [5.41, 5.74) is 0. The third kappa shape index (κ3) is 28.9. The second-order valence-corrected chi connectivity index (χ2v) is 8.50. The number of aliphatic hydroxyl groups is 1. The summed E-state index contributed by atoms with van der Waals surface area (Å²) in [6.07, 6.45) is 11.4. The number of rotatable bonds is 13. The number of aliphatic hydroxyl groups excluding tert-OH is 1. The monoisotopic (exact) mass is 482 g/mol. The Kier molecular flexibility index (Phi) is 28.2. The van der Waals surface area contributed by atoms with Crippen molar-refractivity contribution in [2.45, 2.75) is 144 Å². The van der Waals surface area contributed by atoms with Gasteiger partial charge in [0.25, 0.3) is 0 Å². The number of hydrogen-bond donors (Lipinski definition) is 2. The Hall–Kier alpha value is -1.08. The number of carbonyl (C=O) groups excluding carboxylic acids is 1. The summed E-state index contributed by atoms with van der Waals surface area (Å²) < 4.78 is 30.1. The first-order chi connectivity index (χ1) is 15.5. The van der Waals surface area contributed by atoms with E-state index in [-0.39, 0.29) is 12.8 Å². The fourth-order valence-corrected chi connectivity index (χ4v) is 2.94. The Labute approximate surface area is 201 Å². The van der Waals surface area contributed by atoms with Crippen LogP contribution in [0.25, 0.3) is 0 Å². The molecule has 1 saturated carbocycles. The lowest BCUT2D eigenvalue weighted by Crippen LogP contribution is -2.27. The van der Waals surface area contributed by atoms with Crippen molar-refractivity contribution in [2.24, 2.45) is 5.92 Å². The van der Waals surface area contributed by atoms with Crippen LogP contribution in [0, 0.1) is 5.92 Å². The Balaban J connectivity index is -0.000000372. The zero-order chi connectivity index (χ0) is 26.1. The molecule has 1 aliphatic carbocycles. The van der Waals surface area contributed by atoms with E-state index >= 15 is 0 Å². The summed E-state index contributed by atoms with van der Waals surface area (Å²) in [6.45, 7) is 12.1. The van der Waals surface area contributed by atoms with Gasteiger partial charge in [0.05, 0.1) is 0 Å². The molecule has 0 radical (unpaired) electrons. The van der Waals surface area contributed by atoms with E-state index < -0.39 is 24.0 Å². The first kappa shape index (κ1) is 36.5. The lowest BCUT2D eigenvalue weighted by Gasteiger charge is -2.12. The van der Waals surface area contributed by atoms with Gasteiger partial charge in [0.15, 0.2) is 6.29 Å². The minimum Gasteiger partial charge on any atom is -0.481 e. The van der Waals surface area contributed by atoms with Crippen molar-refractivity contribution in [2.75, 3.05) is 6.61 Å². The molecule has 2 N–H and O–H groups in total. The van der Waals surface area contributed by atoms with Crippen molar-refractivity contribution in [3.8, 4) is 0 Å². The molecule has 0 heterocycles. The number of carbonyl (C=O) groups is 2. The molecule has 0 saturated heterocycles. The van der Waals surface area contributed by atoms with Crippen LogP contribution in [0.2, 0.25) is 0 Å². The van der Waals surface area contributed by atoms with E-state index in [0.29, 0.717) is 32.3 Å². The lowest BCUT2D eigenvalue weighted by atomic mass is 10.1. The number of unbranched alkanes of at least 4 members (excludes halogenated alkanes) is 4. The van der Waals surface area contributed by atoms with Crippen LogP contribution in [0.15, 0.2) is 0 Å². The fraction of sp³-hybridized carbons (Fsp3) is 0.923. The minimum atomic E-state index is -3.08. The zero-order valence-corrected chi connectivity index (χ0v) is 22.1. The average molecular weight is 483 g/mol. The molecule has 1 atom stereocenters. The van der Waals surface area contributed by atoms with Crippen molar-refractivity contribution in [1.29, 1.82) is 0 Å². The molecule has 0 amide bonds. The number of halogens is 2. The van der Waals surface area contributed by atoms with E-state index in [1.807, 2.05) is 20.8 Å². The summed E-state index contributed by atoms with van der Waals surface area (Å²) in [4.78, 5) is 20.6. The molecule has 33 heavy (non-hydrogen) atoms. The van der Waals surface area contributed by atoms with Crippen LogP contribution in [0.5, 0.6) is 0 Å². The van der Waals surface area contributed by atoms with E-state index in [1.165, 1.54) is 39.0 Å². The van der Waals surface area contributed by atoms with Gasteiger partial charge in [0, 0.05) is 25.9 Å². The number of ether oxygens (including phenoxy) is 1. The summed E-state index contributed by atoms with van der Waals surface area (Å²) >= 11 is 0. The van der Waals surface area contributed by atoms with Crippen LogP contribution in [0.1, 0.15) is 131 Å². The molecular weight excluding hydrogens is 430 g/mol. The van der Waals surface area contributed by atoms with Gasteiger partial charge in [-0.2, -0.15) is 8.78 Å². The number of Topliss-reactive ketones (excluding diaryl/α,β-unsaturated/α-hetero) is 1. The van der Waals surface area contributed by atoms with Crippen molar-refractivity contribution < 1.29 is 33.3 Å².